The van der Waals surface area contributed by atoms with Gasteiger partial charge in [-0.25, -0.2) is 4.79 Å². The van der Waals surface area contributed by atoms with E-state index in [1.54, 1.807) is 11.1 Å². The van der Waals surface area contributed by atoms with E-state index in [0.29, 0.717) is 13.1 Å². The Hall–Kier alpha value is -2.05. The smallest absolute Gasteiger partial charge is 0.414 e. The number of carbonyl (C=O) groups excluding carboxylic acids is 1. The molecule has 1 aromatic heterocycles. The number of benzene rings is 1. The zero-order valence-corrected chi connectivity index (χ0v) is 13.3. The van der Waals surface area contributed by atoms with Crippen LogP contribution in [0.3, 0.4) is 0 Å². The number of carbonyl (C=O) groups is 1. The van der Waals surface area contributed by atoms with E-state index in [9.17, 15) is 4.79 Å². The summed E-state index contributed by atoms with van der Waals surface area (Å²) in [6.07, 6.45) is 4.19. The molecule has 1 aliphatic carbocycles. The highest BCUT2D eigenvalue weighted by Crippen LogP contribution is 2.35. The molecule has 23 heavy (non-hydrogen) atoms. The first-order valence-corrected chi connectivity index (χ1v) is 7.51. The van der Waals surface area contributed by atoms with Gasteiger partial charge in [-0.1, -0.05) is 5.16 Å². The Kier molecular flexibility index (Phi) is 4.28. The number of amides is 1. The topological polar surface area (TPSA) is 81.6 Å². The van der Waals surface area contributed by atoms with E-state index in [4.69, 9.17) is 15.0 Å². The van der Waals surface area contributed by atoms with Gasteiger partial charge in [0.05, 0.1) is 12.7 Å². The van der Waals surface area contributed by atoms with Crippen molar-refractivity contribution in [1.29, 1.82) is 0 Å². The molecule has 1 fully saturated rings. The number of aryl methyl sites for hydroxylation is 2. The first-order valence-electron chi connectivity index (χ1n) is 7.51. The average Bonchev–Trinajstić information content (AvgIpc) is 3.10. The maximum Gasteiger partial charge on any atom is 0.414 e. The van der Waals surface area contributed by atoms with E-state index in [-0.39, 0.29) is 24.6 Å². The van der Waals surface area contributed by atoms with Crippen LogP contribution in [-0.2, 0) is 17.6 Å². The molecule has 1 aliphatic heterocycles. The van der Waals surface area contributed by atoms with Gasteiger partial charge in [-0.3, -0.25) is 4.90 Å². The Morgan fingerprint density at radius 1 is 1.30 bits per heavy atom. The first kappa shape index (κ1) is 15.8. The lowest BCUT2D eigenvalue weighted by Crippen LogP contribution is -2.27. The Morgan fingerprint density at radius 2 is 2.13 bits per heavy atom. The first-order chi connectivity index (χ1) is 10.8. The van der Waals surface area contributed by atoms with Gasteiger partial charge in [0.25, 0.3) is 0 Å². The van der Waals surface area contributed by atoms with E-state index in [2.05, 4.69) is 5.16 Å². The summed E-state index contributed by atoms with van der Waals surface area (Å²) >= 11 is 0. The van der Waals surface area contributed by atoms with Crippen LogP contribution in [-0.4, -0.2) is 30.4 Å². The molecule has 1 aromatic carbocycles. The van der Waals surface area contributed by atoms with Gasteiger partial charge in [0.15, 0.2) is 5.76 Å². The lowest BCUT2D eigenvalue weighted by atomic mass is 10.0. The average molecular weight is 336 g/mol. The zero-order valence-electron chi connectivity index (χ0n) is 12.5. The summed E-state index contributed by atoms with van der Waals surface area (Å²) < 4.78 is 10.6. The number of anilines is 1. The van der Waals surface area contributed by atoms with Crippen LogP contribution < -0.4 is 10.6 Å². The van der Waals surface area contributed by atoms with E-state index < -0.39 is 0 Å². The number of nitrogens with zero attached hydrogens (tertiary/aromatic N) is 2. The molecular weight excluding hydrogens is 318 g/mol. The van der Waals surface area contributed by atoms with E-state index in [1.807, 2.05) is 18.2 Å². The van der Waals surface area contributed by atoms with Crippen LogP contribution in [0.15, 0.2) is 28.9 Å². The minimum absolute atomic E-state index is 0. The maximum absolute atomic E-state index is 12.0. The van der Waals surface area contributed by atoms with Crippen LogP contribution in [0.25, 0.3) is 11.3 Å². The molecule has 2 aromatic rings. The molecule has 0 radical (unpaired) electrons. The fraction of sp³-hybridized carbons (Fsp3) is 0.375. The molecule has 4 rings (SSSR count). The molecule has 1 amide bonds. The summed E-state index contributed by atoms with van der Waals surface area (Å²) in [5, 5.41) is 3.90. The highest BCUT2D eigenvalue weighted by Gasteiger charge is 2.32. The van der Waals surface area contributed by atoms with Crippen molar-refractivity contribution in [3.05, 3.63) is 35.5 Å². The second kappa shape index (κ2) is 6.22. The normalized spacial score (nSPS) is 19.4. The zero-order chi connectivity index (χ0) is 15.1. The van der Waals surface area contributed by atoms with Gasteiger partial charge in [-0.2, -0.15) is 0 Å². The van der Waals surface area contributed by atoms with Crippen LogP contribution in [0.5, 0.6) is 0 Å². The van der Waals surface area contributed by atoms with Crippen molar-refractivity contribution in [1.82, 2.24) is 5.16 Å². The molecule has 0 saturated carbocycles. The Bertz CT molecular complexity index is 731. The highest BCUT2D eigenvalue weighted by atomic mass is 35.5. The second-order valence-corrected chi connectivity index (χ2v) is 5.73. The van der Waals surface area contributed by atoms with E-state index in [0.717, 1.165) is 41.8 Å². The third kappa shape index (κ3) is 2.68. The van der Waals surface area contributed by atoms with E-state index >= 15 is 0 Å². The Morgan fingerprint density at radius 3 is 2.91 bits per heavy atom. The van der Waals surface area contributed by atoms with E-state index in [1.165, 1.54) is 5.56 Å². The van der Waals surface area contributed by atoms with Crippen LogP contribution in [0.2, 0.25) is 0 Å². The summed E-state index contributed by atoms with van der Waals surface area (Å²) in [5.41, 5.74) is 9.83. The molecule has 0 spiro atoms. The molecule has 1 saturated heterocycles. The van der Waals surface area contributed by atoms with Crippen molar-refractivity contribution in [2.45, 2.75) is 25.4 Å². The van der Waals surface area contributed by atoms with Crippen molar-refractivity contribution in [3.63, 3.8) is 0 Å². The number of hydrogen-bond acceptors (Lipinski definition) is 5. The number of ether oxygens (including phenoxy) is 1. The van der Waals surface area contributed by atoms with Gasteiger partial charge < -0.3 is 15.0 Å². The van der Waals surface area contributed by atoms with Crippen molar-refractivity contribution in [2.75, 3.05) is 18.0 Å². The van der Waals surface area contributed by atoms with Crippen molar-refractivity contribution in [2.24, 2.45) is 5.73 Å². The highest BCUT2D eigenvalue weighted by molar-refractivity contribution is 5.90. The molecule has 1 unspecified atom stereocenters. The minimum Gasteiger partial charge on any atom is -0.443 e. The molecular formula is C16H18ClN3O3. The van der Waals surface area contributed by atoms with Crippen molar-refractivity contribution >= 4 is 24.2 Å². The maximum atomic E-state index is 12.0. The predicted molar refractivity (Wildman–Crippen MR) is 87.9 cm³/mol. The van der Waals surface area contributed by atoms with Crippen LogP contribution in [0.4, 0.5) is 10.5 Å². The SMILES string of the molecule is Cl.NCC1CN(c2ccc3c(c2)CCCc2cnoc2-3)C(=O)O1. The molecule has 0 bridgehead atoms. The second-order valence-electron chi connectivity index (χ2n) is 5.73. The number of rotatable bonds is 2. The van der Waals surface area contributed by atoms with Crippen LogP contribution >= 0.6 is 12.4 Å². The monoisotopic (exact) mass is 335 g/mol. The molecule has 2 aliphatic rings. The number of halogens is 1. The molecule has 6 nitrogen and oxygen atoms in total. The molecule has 2 N–H and O–H groups in total. The van der Waals surface area contributed by atoms with Gasteiger partial charge in [0, 0.05) is 23.4 Å². The quantitative estimate of drug-likeness (QED) is 0.912. The molecule has 2 heterocycles. The summed E-state index contributed by atoms with van der Waals surface area (Å²) in [6.45, 7) is 0.844. The number of cyclic esters (lactones) is 1. The fourth-order valence-electron chi connectivity index (χ4n) is 3.16. The number of hydrogen-bond donors (Lipinski definition) is 1. The molecule has 122 valence electrons. The van der Waals surface area contributed by atoms with Gasteiger partial charge in [0.1, 0.15) is 6.10 Å². The van der Waals surface area contributed by atoms with Gasteiger partial charge in [-0.15, -0.1) is 12.4 Å². The van der Waals surface area contributed by atoms with Crippen molar-refractivity contribution < 1.29 is 14.1 Å². The summed E-state index contributed by atoms with van der Waals surface area (Å²) in [6, 6.07) is 5.98. The summed E-state index contributed by atoms with van der Waals surface area (Å²) in [4.78, 5) is 13.6. The number of aromatic nitrogens is 1. The van der Waals surface area contributed by atoms with Crippen LogP contribution in [0.1, 0.15) is 17.5 Å². The molecule has 1 atom stereocenters. The van der Waals surface area contributed by atoms with Gasteiger partial charge >= 0.3 is 6.09 Å². The molecule has 7 heteroatoms. The number of fused-ring (bicyclic) bond motifs is 3. The Balaban J connectivity index is 0.00000156. The van der Waals surface area contributed by atoms with Gasteiger partial charge in [0.2, 0.25) is 0 Å². The standard InChI is InChI=1S/C16H17N3O3.ClH/c17-7-13-9-19(16(20)21-13)12-4-5-14-10(6-12)2-1-3-11-8-18-22-15(11)14;/h4-6,8,13H,1-3,7,9,17H2;1H. The largest absolute Gasteiger partial charge is 0.443 e. The summed E-state index contributed by atoms with van der Waals surface area (Å²) in [5.74, 6) is 0.850. The lowest BCUT2D eigenvalue weighted by molar-refractivity contribution is 0.145. The third-order valence-corrected chi connectivity index (χ3v) is 4.32. The third-order valence-electron chi connectivity index (χ3n) is 4.32. The minimum atomic E-state index is -0.329. The van der Waals surface area contributed by atoms with Gasteiger partial charge in [-0.05, 0) is 43.0 Å². The van der Waals surface area contributed by atoms with Crippen molar-refractivity contribution in [3.8, 4) is 11.3 Å². The summed E-state index contributed by atoms with van der Waals surface area (Å²) in [7, 11) is 0. The Labute approximate surface area is 140 Å². The lowest BCUT2D eigenvalue weighted by Gasteiger charge is -2.15. The fourth-order valence-corrected chi connectivity index (χ4v) is 3.16. The predicted octanol–water partition coefficient (Wildman–Crippen LogP) is 2.54. The van der Waals surface area contributed by atoms with Crippen LogP contribution in [0, 0.1) is 0 Å². The number of nitrogens with two attached hydrogens (primary N) is 1.